The van der Waals surface area contributed by atoms with E-state index in [1.54, 1.807) is 12.1 Å². The fourth-order valence-electron chi connectivity index (χ4n) is 2.00. The van der Waals surface area contributed by atoms with E-state index in [4.69, 9.17) is 4.74 Å². The molecular weight excluding hydrogens is 204 g/mol. The molecular formula is C13H14O3. The Hall–Kier alpha value is -1.64. The van der Waals surface area contributed by atoms with Gasteiger partial charge in [-0.2, -0.15) is 0 Å². The van der Waals surface area contributed by atoms with Gasteiger partial charge in [0.2, 0.25) is 0 Å². The maximum absolute atomic E-state index is 11.8. The Kier molecular flexibility index (Phi) is 3.04. The Balaban J connectivity index is 2.35. The minimum atomic E-state index is -0.360. The standard InChI is InChI=1S/C13H14O3/c1-9(14)16-11-7-6-10-4-2-3-5-13(15)12(10)8-11/h6-8H,2-5H2,1H3. The van der Waals surface area contributed by atoms with Gasteiger partial charge < -0.3 is 4.74 Å². The fourth-order valence-corrected chi connectivity index (χ4v) is 2.00. The van der Waals surface area contributed by atoms with Crippen LogP contribution in [0.3, 0.4) is 0 Å². The largest absolute Gasteiger partial charge is 0.427 e. The van der Waals surface area contributed by atoms with Crippen molar-refractivity contribution in [2.24, 2.45) is 0 Å². The van der Waals surface area contributed by atoms with Crippen LogP contribution in [-0.2, 0) is 11.2 Å². The van der Waals surface area contributed by atoms with Crippen LogP contribution in [0.4, 0.5) is 0 Å². The van der Waals surface area contributed by atoms with E-state index < -0.39 is 0 Å². The van der Waals surface area contributed by atoms with Crippen molar-refractivity contribution in [1.29, 1.82) is 0 Å². The van der Waals surface area contributed by atoms with Crippen LogP contribution in [0.1, 0.15) is 42.1 Å². The summed E-state index contributed by atoms with van der Waals surface area (Å²) in [5.41, 5.74) is 1.79. The summed E-state index contributed by atoms with van der Waals surface area (Å²) >= 11 is 0. The Labute approximate surface area is 94.4 Å². The number of fused-ring (bicyclic) bond motifs is 1. The molecule has 84 valence electrons. The monoisotopic (exact) mass is 218 g/mol. The van der Waals surface area contributed by atoms with Crippen LogP contribution in [-0.4, -0.2) is 11.8 Å². The van der Waals surface area contributed by atoms with E-state index >= 15 is 0 Å². The number of ketones is 1. The van der Waals surface area contributed by atoms with Crippen LogP contribution in [0.15, 0.2) is 18.2 Å². The highest BCUT2D eigenvalue weighted by Gasteiger charge is 2.16. The second-order valence-corrected chi connectivity index (χ2v) is 4.04. The first-order valence-corrected chi connectivity index (χ1v) is 5.51. The third-order valence-corrected chi connectivity index (χ3v) is 2.74. The molecule has 3 heteroatoms. The van der Waals surface area contributed by atoms with E-state index in [1.807, 2.05) is 6.07 Å². The molecule has 1 aromatic carbocycles. The van der Waals surface area contributed by atoms with E-state index in [0.29, 0.717) is 12.2 Å². The highest BCUT2D eigenvalue weighted by Crippen LogP contribution is 2.24. The molecule has 1 aromatic rings. The fraction of sp³-hybridized carbons (Fsp3) is 0.385. The number of esters is 1. The average Bonchev–Trinajstić information content (AvgIpc) is 2.41. The topological polar surface area (TPSA) is 43.4 Å². The predicted octanol–water partition coefficient (Wildman–Crippen LogP) is 2.52. The van der Waals surface area contributed by atoms with Crippen LogP contribution in [0.5, 0.6) is 5.75 Å². The van der Waals surface area contributed by atoms with Crippen molar-refractivity contribution in [1.82, 2.24) is 0 Å². The number of aryl methyl sites for hydroxylation is 1. The SMILES string of the molecule is CC(=O)Oc1ccc2c(c1)C(=O)CCCC2. The van der Waals surface area contributed by atoms with Gasteiger partial charge in [0, 0.05) is 18.9 Å². The molecule has 1 aliphatic rings. The Bertz CT molecular complexity index is 435. The van der Waals surface area contributed by atoms with Crippen molar-refractivity contribution in [3.63, 3.8) is 0 Å². The summed E-state index contributed by atoms with van der Waals surface area (Å²) in [7, 11) is 0. The first-order chi connectivity index (χ1) is 7.66. The van der Waals surface area contributed by atoms with Crippen LogP contribution < -0.4 is 4.74 Å². The van der Waals surface area contributed by atoms with Gasteiger partial charge in [-0.1, -0.05) is 6.07 Å². The number of Topliss-reactive ketones (excluding diaryl/α,β-unsaturated/α-hetero) is 1. The van der Waals surface area contributed by atoms with E-state index in [9.17, 15) is 9.59 Å². The molecule has 2 rings (SSSR count). The van der Waals surface area contributed by atoms with Gasteiger partial charge in [-0.15, -0.1) is 0 Å². The van der Waals surface area contributed by atoms with Crippen LogP contribution in [0, 0.1) is 0 Å². The van der Waals surface area contributed by atoms with Gasteiger partial charge in [0.25, 0.3) is 0 Å². The zero-order valence-corrected chi connectivity index (χ0v) is 9.29. The number of rotatable bonds is 1. The smallest absolute Gasteiger partial charge is 0.308 e. The average molecular weight is 218 g/mol. The van der Waals surface area contributed by atoms with Gasteiger partial charge in [0.15, 0.2) is 5.78 Å². The van der Waals surface area contributed by atoms with Crippen molar-refractivity contribution in [3.05, 3.63) is 29.3 Å². The van der Waals surface area contributed by atoms with E-state index in [2.05, 4.69) is 0 Å². The minimum Gasteiger partial charge on any atom is -0.427 e. The summed E-state index contributed by atoms with van der Waals surface area (Å²) in [6, 6.07) is 5.32. The lowest BCUT2D eigenvalue weighted by atomic mass is 10.0. The predicted molar refractivity (Wildman–Crippen MR) is 59.6 cm³/mol. The molecule has 3 nitrogen and oxygen atoms in total. The zero-order valence-electron chi connectivity index (χ0n) is 9.29. The molecule has 0 unspecified atom stereocenters. The van der Waals surface area contributed by atoms with Crippen LogP contribution >= 0.6 is 0 Å². The quantitative estimate of drug-likeness (QED) is 0.413. The highest BCUT2D eigenvalue weighted by molar-refractivity contribution is 5.98. The third-order valence-electron chi connectivity index (χ3n) is 2.74. The van der Waals surface area contributed by atoms with Crippen LogP contribution in [0.25, 0.3) is 0 Å². The molecule has 0 saturated heterocycles. The molecule has 0 saturated carbocycles. The number of carbonyl (C=O) groups is 2. The van der Waals surface area contributed by atoms with E-state index in [1.165, 1.54) is 6.92 Å². The third kappa shape index (κ3) is 2.30. The second kappa shape index (κ2) is 4.47. The molecule has 1 aliphatic carbocycles. The molecule has 0 atom stereocenters. The highest BCUT2D eigenvalue weighted by atomic mass is 16.5. The maximum atomic E-state index is 11.8. The molecule has 0 aromatic heterocycles. The maximum Gasteiger partial charge on any atom is 0.308 e. The molecule has 0 amide bonds. The first-order valence-electron chi connectivity index (χ1n) is 5.51. The summed E-state index contributed by atoms with van der Waals surface area (Å²) < 4.78 is 4.98. The molecule has 0 spiro atoms. The Morgan fingerprint density at radius 1 is 1.25 bits per heavy atom. The summed E-state index contributed by atoms with van der Waals surface area (Å²) in [4.78, 5) is 22.6. The first kappa shape index (κ1) is 10.9. The summed E-state index contributed by atoms with van der Waals surface area (Å²) in [5, 5.41) is 0. The lowest BCUT2D eigenvalue weighted by molar-refractivity contribution is -0.131. The normalized spacial score (nSPS) is 15.2. The minimum absolute atomic E-state index is 0.154. The van der Waals surface area contributed by atoms with Crippen molar-refractivity contribution >= 4 is 11.8 Å². The number of carbonyl (C=O) groups excluding carboxylic acids is 2. The molecule has 0 radical (unpaired) electrons. The second-order valence-electron chi connectivity index (χ2n) is 4.04. The number of hydrogen-bond donors (Lipinski definition) is 0. The van der Waals surface area contributed by atoms with Gasteiger partial charge in [0.05, 0.1) is 0 Å². The summed E-state index contributed by atoms with van der Waals surface area (Å²) in [6.07, 6.45) is 3.51. The Morgan fingerprint density at radius 2 is 2.00 bits per heavy atom. The molecule has 16 heavy (non-hydrogen) atoms. The van der Waals surface area contributed by atoms with Gasteiger partial charge in [0.1, 0.15) is 5.75 Å². The van der Waals surface area contributed by atoms with Crippen LogP contribution in [0.2, 0.25) is 0 Å². The van der Waals surface area contributed by atoms with Gasteiger partial charge in [-0.3, -0.25) is 9.59 Å². The van der Waals surface area contributed by atoms with Crippen molar-refractivity contribution in [3.8, 4) is 5.75 Å². The lowest BCUT2D eigenvalue weighted by Gasteiger charge is -2.07. The summed E-state index contributed by atoms with van der Waals surface area (Å²) in [5.74, 6) is 0.254. The zero-order chi connectivity index (χ0) is 11.5. The van der Waals surface area contributed by atoms with Gasteiger partial charge >= 0.3 is 5.97 Å². The summed E-state index contributed by atoms with van der Waals surface area (Å²) in [6.45, 7) is 1.35. The van der Waals surface area contributed by atoms with Gasteiger partial charge in [-0.05, 0) is 37.0 Å². The molecule has 0 N–H and O–H groups in total. The number of benzene rings is 1. The Morgan fingerprint density at radius 3 is 2.75 bits per heavy atom. The number of ether oxygens (including phenoxy) is 1. The number of hydrogen-bond acceptors (Lipinski definition) is 3. The van der Waals surface area contributed by atoms with Crippen molar-refractivity contribution < 1.29 is 14.3 Å². The van der Waals surface area contributed by atoms with Gasteiger partial charge in [-0.25, -0.2) is 0 Å². The van der Waals surface area contributed by atoms with Crippen molar-refractivity contribution in [2.45, 2.75) is 32.6 Å². The molecule has 0 bridgehead atoms. The molecule has 0 fully saturated rings. The molecule has 0 heterocycles. The van der Waals surface area contributed by atoms with E-state index in [-0.39, 0.29) is 11.8 Å². The van der Waals surface area contributed by atoms with E-state index in [0.717, 1.165) is 30.4 Å². The lowest BCUT2D eigenvalue weighted by Crippen LogP contribution is -2.05. The molecule has 0 aliphatic heterocycles. The van der Waals surface area contributed by atoms with Crippen molar-refractivity contribution in [2.75, 3.05) is 0 Å².